The van der Waals surface area contributed by atoms with Crippen molar-refractivity contribution in [3.8, 4) is 5.75 Å². The number of esters is 2. The normalized spacial score (nSPS) is 26.3. The van der Waals surface area contributed by atoms with Gasteiger partial charge in [-0.15, -0.1) is 0 Å². The van der Waals surface area contributed by atoms with Crippen LogP contribution >= 0.6 is 0 Å². The SMILES string of the molecule is CCCCCC(O)CCC1C(OC(=O)C2CC2)CC2Cc3c(cccc3OCC(=O)OC)CC21. The molecule has 1 aromatic carbocycles. The van der Waals surface area contributed by atoms with Gasteiger partial charge in [0.1, 0.15) is 11.9 Å². The van der Waals surface area contributed by atoms with Gasteiger partial charge in [0, 0.05) is 0 Å². The Balaban J connectivity index is 1.45. The fourth-order valence-corrected chi connectivity index (χ4v) is 5.97. The maximum atomic E-state index is 12.5. The van der Waals surface area contributed by atoms with Gasteiger partial charge in [0.25, 0.3) is 0 Å². The number of ether oxygens (including phenoxy) is 3. The van der Waals surface area contributed by atoms with Gasteiger partial charge in [-0.05, 0) is 86.3 Å². The number of carbonyl (C=O) groups excluding carboxylic acids is 2. The third kappa shape index (κ3) is 6.12. The van der Waals surface area contributed by atoms with Gasteiger partial charge in [-0.2, -0.15) is 0 Å². The van der Waals surface area contributed by atoms with Crippen molar-refractivity contribution in [1.29, 1.82) is 0 Å². The summed E-state index contributed by atoms with van der Waals surface area (Å²) in [7, 11) is 1.36. The van der Waals surface area contributed by atoms with Gasteiger partial charge < -0.3 is 19.3 Å². The minimum absolute atomic E-state index is 0.0308. The molecule has 2 saturated carbocycles. The van der Waals surface area contributed by atoms with E-state index in [1.54, 1.807) is 0 Å². The molecule has 34 heavy (non-hydrogen) atoms. The molecule has 3 aliphatic rings. The van der Waals surface area contributed by atoms with E-state index in [0.717, 1.165) is 76.4 Å². The Labute approximate surface area is 203 Å². The fourth-order valence-electron chi connectivity index (χ4n) is 5.97. The number of aliphatic hydroxyl groups excluding tert-OH is 1. The van der Waals surface area contributed by atoms with E-state index in [2.05, 4.69) is 13.0 Å². The standard InChI is InChI=1S/C28H40O6/c1-3-4-5-8-21(29)12-13-22-23-14-19-7-6-9-25(33-17-27(30)32-2)24(19)15-20(23)16-26(22)34-28(31)18-10-11-18/h6-7,9,18,20-23,26,29H,3-5,8,10-17H2,1-2H3. The molecule has 5 unspecified atom stereocenters. The average Bonchev–Trinajstić information content (AvgIpc) is 3.63. The molecule has 0 aliphatic heterocycles. The van der Waals surface area contributed by atoms with E-state index in [-0.39, 0.29) is 36.6 Å². The number of hydrogen-bond donors (Lipinski definition) is 1. The van der Waals surface area contributed by atoms with Gasteiger partial charge in [-0.3, -0.25) is 4.79 Å². The number of benzene rings is 1. The molecule has 0 saturated heterocycles. The lowest BCUT2D eigenvalue weighted by Gasteiger charge is -2.32. The van der Waals surface area contributed by atoms with Crippen molar-refractivity contribution in [3.63, 3.8) is 0 Å². The van der Waals surface area contributed by atoms with Crippen LogP contribution in [-0.4, -0.2) is 43.0 Å². The maximum absolute atomic E-state index is 12.5. The van der Waals surface area contributed by atoms with Crippen molar-refractivity contribution in [2.24, 2.45) is 23.7 Å². The summed E-state index contributed by atoms with van der Waals surface area (Å²) in [5.41, 5.74) is 2.42. The summed E-state index contributed by atoms with van der Waals surface area (Å²) in [5.74, 6) is 1.55. The number of carbonyl (C=O) groups is 2. The minimum atomic E-state index is -0.392. The molecule has 0 radical (unpaired) electrons. The first-order valence-electron chi connectivity index (χ1n) is 13.2. The second kappa shape index (κ2) is 11.6. The number of fused-ring (bicyclic) bond motifs is 2. The molecule has 0 heterocycles. The van der Waals surface area contributed by atoms with Crippen molar-refractivity contribution >= 4 is 11.9 Å². The number of hydrogen-bond acceptors (Lipinski definition) is 6. The van der Waals surface area contributed by atoms with Crippen LogP contribution in [0.1, 0.15) is 75.8 Å². The molecular formula is C28H40O6. The van der Waals surface area contributed by atoms with Crippen LogP contribution in [0.25, 0.3) is 0 Å². The molecule has 1 aromatic rings. The van der Waals surface area contributed by atoms with Gasteiger partial charge >= 0.3 is 11.9 Å². The summed E-state index contributed by atoms with van der Waals surface area (Å²) in [6.07, 6.45) is 10.1. The third-order valence-electron chi connectivity index (χ3n) is 8.05. The Morgan fingerprint density at radius 3 is 2.71 bits per heavy atom. The lowest BCUT2D eigenvalue weighted by molar-refractivity contribution is -0.153. The first kappa shape index (κ1) is 25.0. The van der Waals surface area contributed by atoms with Gasteiger partial charge in [-0.1, -0.05) is 38.3 Å². The first-order valence-corrected chi connectivity index (χ1v) is 13.2. The lowest BCUT2D eigenvalue weighted by Crippen LogP contribution is -2.30. The Kier molecular flexibility index (Phi) is 8.51. The lowest BCUT2D eigenvalue weighted by atomic mass is 9.73. The largest absolute Gasteiger partial charge is 0.482 e. The van der Waals surface area contributed by atoms with Gasteiger partial charge in [0.2, 0.25) is 0 Å². The molecule has 0 bridgehead atoms. The molecule has 4 rings (SSSR count). The van der Waals surface area contributed by atoms with E-state index in [1.807, 2.05) is 12.1 Å². The summed E-state index contributed by atoms with van der Waals surface area (Å²) in [5, 5.41) is 10.6. The second-order valence-electron chi connectivity index (χ2n) is 10.5. The Bertz CT molecular complexity index is 847. The number of methoxy groups -OCH3 is 1. The molecule has 3 aliphatic carbocycles. The molecule has 5 atom stereocenters. The van der Waals surface area contributed by atoms with Gasteiger partial charge in [-0.25, -0.2) is 4.79 Å². The van der Waals surface area contributed by atoms with Crippen LogP contribution in [0.15, 0.2) is 18.2 Å². The highest BCUT2D eigenvalue weighted by Gasteiger charge is 2.48. The summed E-state index contributed by atoms with van der Waals surface area (Å²) in [6, 6.07) is 6.06. The van der Waals surface area contributed by atoms with Crippen molar-refractivity contribution in [2.75, 3.05) is 13.7 Å². The van der Waals surface area contributed by atoms with Crippen LogP contribution in [0.5, 0.6) is 5.75 Å². The topological polar surface area (TPSA) is 82.1 Å². The maximum Gasteiger partial charge on any atom is 0.343 e. The summed E-state index contributed by atoms with van der Waals surface area (Å²) in [6.45, 7) is 2.08. The predicted molar refractivity (Wildman–Crippen MR) is 128 cm³/mol. The molecule has 188 valence electrons. The van der Waals surface area contributed by atoms with Crippen LogP contribution in [0.3, 0.4) is 0 Å². The van der Waals surface area contributed by atoms with Gasteiger partial charge in [0.05, 0.1) is 19.1 Å². The van der Waals surface area contributed by atoms with E-state index in [4.69, 9.17) is 14.2 Å². The molecule has 2 fully saturated rings. The number of aliphatic hydroxyl groups is 1. The molecule has 6 nitrogen and oxygen atoms in total. The molecular weight excluding hydrogens is 432 g/mol. The highest BCUT2D eigenvalue weighted by atomic mass is 16.6. The van der Waals surface area contributed by atoms with E-state index in [1.165, 1.54) is 18.2 Å². The quantitative estimate of drug-likeness (QED) is 0.353. The summed E-state index contributed by atoms with van der Waals surface area (Å²) < 4.78 is 16.6. The van der Waals surface area contributed by atoms with Crippen molar-refractivity contribution in [1.82, 2.24) is 0 Å². The minimum Gasteiger partial charge on any atom is -0.482 e. The molecule has 6 heteroatoms. The molecule has 0 aromatic heterocycles. The predicted octanol–water partition coefficient (Wildman–Crippen LogP) is 4.63. The molecule has 1 N–H and O–H groups in total. The van der Waals surface area contributed by atoms with E-state index >= 15 is 0 Å². The average molecular weight is 473 g/mol. The van der Waals surface area contributed by atoms with E-state index in [0.29, 0.717) is 11.8 Å². The third-order valence-corrected chi connectivity index (χ3v) is 8.05. The summed E-state index contributed by atoms with van der Waals surface area (Å²) in [4.78, 5) is 24.1. The van der Waals surface area contributed by atoms with Crippen LogP contribution in [-0.2, 0) is 31.9 Å². The van der Waals surface area contributed by atoms with Crippen LogP contribution in [0.2, 0.25) is 0 Å². The Morgan fingerprint density at radius 2 is 1.97 bits per heavy atom. The number of rotatable bonds is 12. The highest BCUT2D eigenvalue weighted by molar-refractivity contribution is 5.75. The first-order chi connectivity index (χ1) is 16.5. The molecule has 0 spiro atoms. The van der Waals surface area contributed by atoms with Crippen molar-refractivity contribution < 1.29 is 28.9 Å². The molecule has 0 amide bonds. The zero-order valence-corrected chi connectivity index (χ0v) is 20.7. The fraction of sp³-hybridized carbons (Fsp3) is 0.714. The summed E-state index contributed by atoms with van der Waals surface area (Å²) >= 11 is 0. The van der Waals surface area contributed by atoms with E-state index < -0.39 is 5.97 Å². The highest BCUT2D eigenvalue weighted by Crippen LogP contribution is 2.50. The van der Waals surface area contributed by atoms with Gasteiger partial charge in [0.15, 0.2) is 6.61 Å². The van der Waals surface area contributed by atoms with Crippen LogP contribution in [0.4, 0.5) is 0 Å². The zero-order valence-electron chi connectivity index (χ0n) is 20.7. The van der Waals surface area contributed by atoms with Crippen LogP contribution in [0, 0.1) is 23.7 Å². The van der Waals surface area contributed by atoms with Crippen molar-refractivity contribution in [3.05, 3.63) is 29.3 Å². The second-order valence-corrected chi connectivity index (χ2v) is 10.5. The number of unbranched alkanes of at least 4 members (excludes halogenated alkanes) is 2. The van der Waals surface area contributed by atoms with Crippen molar-refractivity contribution in [2.45, 2.75) is 89.8 Å². The van der Waals surface area contributed by atoms with Crippen LogP contribution < -0.4 is 4.74 Å². The Hall–Kier alpha value is -2.08. The monoisotopic (exact) mass is 472 g/mol. The zero-order chi connectivity index (χ0) is 24.1. The smallest absolute Gasteiger partial charge is 0.343 e. The Morgan fingerprint density at radius 1 is 1.15 bits per heavy atom. The van der Waals surface area contributed by atoms with E-state index in [9.17, 15) is 14.7 Å².